The molecule has 0 radical (unpaired) electrons. The Balaban J connectivity index is 2.57. The average molecular weight is 237 g/mol. The van der Waals surface area contributed by atoms with Gasteiger partial charge in [0.2, 0.25) is 0 Å². The molecular weight excluding hydrogens is 223 g/mol. The second-order valence-electron chi connectivity index (χ2n) is 3.49. The van der Waals surface area contributed by atoms with Crippen molar-refractivity contribution in [3.05, 3.63) is 21.9 Å². The molecule has 1 aromatic rings. The Morgan fingerprint density at radius 1 is 1.47 bits per heavy atom. The standard InChI is InChI=1S/C10H14F3NS/c1-7-5-8(6-15-7)9(14-2)3-4-10(11,12)13/h5-6,9,14H,3-4H2,1-2H3. The summed E-state index contributed by atoms with van der Waals surface area (Å²) in [6.45, 7) is 1.95. The topological polar surface area (TPSA) is 12.0 Å². The zero-order valence-corrected chi connectivity index (χ0v) is 9.50. The van der Waals surface area contributed by atoms with Gasteiger partial charge in [0, 0.05) is 17.3 Å². The lowest BCUT2D eigenvalue weighted by Crippen LogP contribution is -2.19. The molecule has 5 heteroatoms. The molecular formula is C10H14F3NS. The minimum absolute atomic E-state index is 0.0934. The summed E-state index contributed by atoms with van der Waals surface area (Å²) < 4.78 is 36.1. The van der Waals surface area contributed by atoms with Gasteiger partial charge in [-0.3, -0.25) is 0 Å². The Kier molecular flexibility index (Phi) is 4.16. The van der Waals surface area contributed by atoms with Crippen LogP contribution in [0.3, 0.4) is 0 Å². The number of alkyl halides is 3. The van der Waals surface area contributed by atoms with E-state index in [1.54, 1.807) is 18.4 Å². The van der Waals surface area contributed by atoms with Gasteiger partial charge < -0.3 is 5.32 Å². The predicted octanol–water partition coefficient (Wildman–Crippen LogP) is 3.66. The normalized spacial score (nSPS) is 14.2. The summed E-state index contributed by atoms with van der Waals surface area (Å²) in [6.07, 6.45) is -4.72. The van der Waals surface area contributed by atoms with Crippen LogP contribution < -0.4 is 5.32 Å². The molecule has 86 valence electrons. The minimum Gasteiger partial charge on any atom is -0.313 e. The number of rotatable bonds is 4. The van der Waals surface area contributed by atoms with E-state index in [9.17, 15) is 13.2 Å². The Morgan fingerprint density at radius 3 is 2.53 bits per heavy atom. The van der Waals surface area contributed by atoms with Crippen molar-refractivity contribution in [2.45, 2.75) is 32.0 Å². The number of halogens is 3. The van der Waals surface area contributed by atoms with Crippen LogP contribution in [0, 0.1) is 6.92 Å². The molecule has 1 N–H and O–H groups in total. The fraction of sp³-hybridized carbons (Fsp3) is 0.600. The van der Waals surface area contributed by atoms with Crippen molar-refractivity contribution >= 4 is 11.3 Å². The summed E-state index contributed by atoms with van der Waals surface area (Å²) in [5.74, 6) is 0. The average Bonchev–Trinajstić information content (AvgIpc) is 2.51. The number of thiophene rings is 1. The summed E-state index contributed by atoms with van der Waals surface area (Å²) in [4.78, 5) is 1.12. The summed E-state index contributed by atoms with van der Waals surface area (Å²) in [6, 6.07) is 1.74. The van der Waals surface area contributed by atoms with Gasteiger partial charge in [0.1, 0.15) is 0 Å². The van der Waals surface area contributed by atoms with Crippen molar-refractivity contribution < 1.29 is 13.2 Å². The van der Waals surface area contributed by atoms with Gasteiger partial charge in [0.05, 0.1) is 0 Å². The van der Waals surface area contributed by atoms with Crippen molar-refractivity contribution in [3.63, 3.8) is 0 Å². The van der Waals surface area contributed by atoms with Crippen molar-refractivity contribution in [1.29, 1.82) is 0 Å². The first-order chi connectivity index (χ1) is 6.92. The van der Waals surface area contributed by atoms with E-state index in [-0.39, 0.29) is 12.5 Å². The fourth-order valence-corrected chi connectivity index (χ4v) is 2.19. The molecule has 0 spiro atoms. The smallest absolute Gasteiger partial charge is 0.313 e. The first-order valence-electron chi connectivity index (χ1n) is 4.71. The van der Waals surface area contributed by atoms with E-state index in [1.807, 2.05) is 18.4 Å². The molecule has 0 fully saturated rings. The molecule has 0 saturated heterocycles. The van der Waals surface area contributed by atoms with Gasteiger partial charge in [-0.05, 0) is 37.4 Å². The quantitative estimate of drug-likeness (QED) is 0.842. The van der Waals surface area contributed by atoms with E-state index in [2.05, 4.69) is 5.32 Å². The molecule has 0 aliphatic heterocycles. The lowest BCUT2D eigenvalue weighted by Gasteiger charge is -2.15. The SMILES string of the molecule is CNC(CCC(F)(F)F)c1csc(C)c1. The highest BCUT2D eigenvalue weighted by molar-refractivity contribution is 7.10. The van der Waals surface area contributed by atoms with Gasteiger partial charge in [0.15, 0.2) is 0 Å². The zero-order valence-electron chi connectivity index (χ0n) is 8.69. The molecule has 0 aliphatic carbocycles. The first-order valence-corrected chi connectivity index (χ1v) is 5.59. The zero-order chi connectivity index (χ0) is 11.5. The van der Waals surface area contributed by atoms with Crippen LogP contribution in [0.2, 0.25) is 0 Å². The van der Waals surface area contributed by atoms with Gasteiger partial charge >= 0.3 is 6.18 Å². The number of hydrogen-bond acceptors (Lipinski definition) is 2. The maximum absolute atomic E-state index is 12.0. The Morgan fingerprint density at radius 2 is 2.13 bits per heavy atom. The number of hydrogen-bond donors (Lipinski definition) is 1. The van der Waals surface area contributed by atoms with E-state index in [4.69, 9.17) is 0 Å². The van der Waals surface area contributed by atoms with Gasteiger partial charge in [-0.2, -0.15) is 13.2 Å². The molecule has 1 atom stereocenters. The molecule has 1 rings (SSSR count). The maximum Gasteiger partial charge on any atom is 0.389 e. The molecule has 0 amide bonds. The summed E-state index contributed by atoms with van der Waals surface area (Å²) in [7, 11) is 1.69. The third-order valence-corrected chi connectivity index (χ3v) is 3.10. The number of aryl methyl sites for hydroxylation is 1. The Labute approximate surface area is 91.3 Å². The highest BCUT2D eigenvalue weighted by Crippen LogP contribution is 2.29. The molecule has 0 saturated carbocycles. The highest BCUT2D eigenvalue weighted by Gasteiger charge is 2.28. The van der Waals surface area contributed by atoms with Crippen molar-refractivity contribution in [3.8, 4) is 0 Å². The second-order valence-corrected chi connectivity index (χ2v) is 4.60. The summed E-state index contributed by atoms with van der Waals surface area (Å²) >= 11 is 1.56. The fourth-order valence-electron chi connectivity index (χ4n) is 1.43. The lowest BCUT2D eigenvalue weighted by molar-refractivity contribution is -0.136. The van der Waals surface area contributed by atoms with Crippen molar-refractivity contribution in [2.75, 3.05) is 7.05 Å². The molecule has 0 bridgehead atoms. The first kappa shape index (κ1) is 12.5. The third-order valence-electron chi connectivity index (χ3n) is 2.22. The summed E-state index contributed by atoms with van der Waals surface area (Å²) in [5, 5.41) is 4.82. The molecule has 1 unspecified atom stereocenters. The van der Waals surface area contributed by atoms with E-state index in [0.29, 0.717) is 0 Å². The van der Waals surface area contributed by atoms with Crippen LogP contribution in [-0.2, 0) is 0 Å². The van der Waals surface area contributed by atoms with Crippen LogP contribution in [0.15, 0.2) is 11.4 Å². The van der Waals surface area contributed by atoms with E-state index >= 15 is 0 Å². The van der Waals surface area contributed by atoms with Crippen molar-refractivity contribution in [2.24, 2.45) is 0 Å². The molecule has 15 heavy (non-hydrogen) atoms. The highest BCUT2D eigenvalue weighted by atomic mass is 32.1. The monoisotopic (exact) mass is 237 g/mol. The number of nitrogens with one attached hydrogen (secondary N) is 1. The van der Waals surface area contributed by atoms with Crippen LogP contribution in [-0.4, -0.2) is 13.2 Å². The van der Waals surface area contributed by atoms with Crippen LogP contribution in [0.4, 0.5) is 13.2 Å². The largest absolute Gasteiger partial charge is 0.389 e. The second kappa shape index (κ2) is 4.99. The Bertz CT molecular complexity index is 306. The van der Waals surface area contributed by atoms with Gasteiger partial charge in [0.25, 0.3) is 0 Å². The Hall–Kier alpha value is -0.550. The van der Waals surface area contributed by atoms with Crippen LogP contribution in [0.1, 0.15) is 29.3 Å². The van der Waals surface area contributed by atoms with Gasteiger partial charge in [-0.25, -0.2) is 0 Å². The van der Waals surface area contributed by atoms with E-state index in [1.165, 1.54) is 0 Å². The molecule has 1 heterocycles. The molecule has 0 aromatic carbocycles. The molecule has 0 aliphatic rings. The predicted molar refractivity (Wildman–Crippen MR) is 56.1 cm³/mol. The van der Waals surface area contributed by atoms with Gasteiger partial charge in [-0.1, -0.05) is 0 Å². The van der Waals surface area contributed by atoms with E-state index in [0.717, 1.165) is 10.4 Å². The van der Waals surface area contributed by atoms with Gasteiger partial charge in [-0.15, -0.1) is 11.3 Å². The van der Waals surface area contributed by atoms with Crippen LogP contribution in [0.5, 0.6) is 0 Å². The third kappa shape index (κ3) is 4.22. The molecule has 1 nitrogen and oxygen atoms in total. The van der Waals surface area contributed by atoms with E-state index < -0.39 is 12.6 Å². The van der Waals surface area contributed by atoms with Crippen molar-refractivity contribution in [1.82, 2.24) is 5.32 Å². The van der Waals surface area contributed by atoms with Crippen LogP contribution >= 0.6 is 11.3 Å². The summed E-state index contributed by atoms with van der Waals surface area (Å²) in [5.41, 5.74) is 0.948. The minimum atomic E-state index is -4.07. The lowest BCUT2D eigenvalue weighted by atomic mass is 10.1. The maximum atomic E-state index is 12.0. The van der Waals surface area contributed by atoms with Crippen LogP contribution in [0.25, 0.3) is 0 Å². The molecule has 1 aromatic heterocycles.